The highest BCUT2D eigenvalue weighted by atomic mass is 35.5. The first-order valence-corrected chi connectivity index (χ1v) is 6.73. The van der Waals surface area contributed by atoms with Crippen molar-refractivity contribution in [3.05, 3.63) is 41.0 Å². The quantitative estimate of drug-likeness (QED) is 0.791. The Morgan fingerprint density at radius 1 is 1.37 bits per heavy atom. The van der Waals surface area contributed by atoms with Crippen molar-refractivity contribution in [2.24, 2.45) is 5.92 Å². The zero-order chi connectivity index (χ0) is 13.2. The summed E-state index contributed by atoms with van der Waals surface area (Å²) in [6, 6.07) is 9.93. The molecule has 1 saturated heterocycles. The first-order valence-electron chi connectivity index (χ1n) is 6.35. The van der Waals surface area contributed by atoms with E-state index in [1.807, 2.05) is 24.3 Å². The normalized spacial score (nSPS) is 23.2. The van der Waals surface area contributed by atoms with Gasteiger partial charge >= 0.3 is 0 Å². The molecule has 2 atom stereocenters. The molecule has 2 heterocycles. The van der Waals surface area contributed by atoms with E-state index in [2.05, 4.69) is 11.1 Å². The molecule has 0 N–H and O–H groups in total. The fraction of sp³-hybridized carbons (Fsp3) is 0.333. The molecule has 4 heteroatoms. The summed E-state index contributed by atoms with van der Waals surface area (Å²) in [7, 11) is 0. The van der Waals surface area contributed by atoms with Crippen LogP contribution in [0.1, 0.15) is 24.5 Å². The third-order valence-corrected chi connectivity index (χ3v) is 3.87. The molecule has 2 aromatic rings. The van der Waals surface area contributed by atoms with Crippen LogP contribution in [0.25, 0.3) is 10.9 Å². The minimum Gasteiger partial charge on any atom is -0.372 e. The van der Waals surface area contributed by atoms with E-state index in [1.54, 1.807) is 6.20 Å². The van der Waals surface area contributed by atoms with Crippen LogP contribution in [0.3, 0.4) is 0 Å². The maximum atomic E-state index is 9.27. The molecule has 96 valence electrons. The number of nitrogens with zero attached hydrogens (tertiary/aromatic N) is 2. The minimum atomic E-state index is -0.201. The van der Waals surface area contributed by atoms with Crippen LogP contribution in [0.2, 0.25) is 5.02 Å². The van der Waals surface area contributed by atoms with Crippen molar-refractivity contribution in [2.45, 2.75) is 18.9 Å². The number of hydrogen-bond acceptors (Lipinski definition) is 3. The first-order chi connectivity index (χ1) is 9.31. The topological polar surface area (TPSA) is 45.9 Å². The zero-order valence-electron chi connectivity index (χ0n) is 10.3. The van der Waals surface area contributed by atoms with Crippen molar-refractivity contribution in [3.63, 3.8) is 0 Å². The van der Waals surface area contributed by atoms with Gasteiger partial charge in [-0.15, -0.1) is 0 Å². The summed E-state index contributed by atoms with van der Waals surface area (Å²) < 4.78 is 5.81. The highest BCUT2D eigenvalue weighted by Gasteiger charge is 2.29. The van der Waals surface area contributed by atoms with E-state index in [1.165, 1.54) is 0 Å². The van der Waals surface area contributed by atoms with Gasteiger partial charge in [0.15, 0.2) is 0 Å². The number of pyridine rings is 1. The molecular weight excluding hydrogens is 260 g/mol. The molecule has 19 heavy (non-hydrogen) atoms. The fourth-order valence-corrected chi connectivity index (χ4v) is 2.82. The van der Waals surface area contributed by atoms with Gasteiger partial charge in [0.25, 0.3) is 0 Å². The van der Waals surface area contributed by atoms with Gasteiger partial charge in [-0.3, -0.25) is 4.98 Å². The van der Waals surface area contributed by atoms with Crippen LogP contribution >= 0.6 is 11.6 Å². The van der Waals surface area contributed by atoms with Crippen molar-refractivity contribution < 1.29 is 4.74 Å². The summed E-state index contributed by atoms with van der Waals surface area (Å²) in [5.74, 6) is -0.111. The molecule has 0 aliphatic carbocycles. The van der Waals surface area contributed by atoms with Crippen molar-refractivity contribution >= 4 is 22.5 Å². The first kappa shape index (κ1) is 12.4. The van der Waals surface area contributed by atoms with Crippen LogP contribution in [0.15, 0.2) is 30.5 Å². The lowest BCUT2D eigenvalue weighted by molar-refractivity contribution is -0.00934. The van der Waals surface area contributed by atoms with Crippen LogP contribution in [0.4, 0.5) is 0 Å². The Bertz CT molecular complexity index is 650. The Kier molecular flexibility index (Phi) is 3.37. The molecule has 1 aromatic heterocycles. The summed E-state index contributed by atoms with van der Waals surface area (Å²) >= 11 is 6.19. The number of nitriles is 1. The summed E-state index contributed by atoms with van der Waals surface area (Å²) in [5, 5.41) is 10.9. The second kappa shape index (κ2) is 5.16. The highest BCUT2D eigenvalue weighted by molar-refractivity contribution is 6.35. The van der Waals surface area contributed by atoms with Crippen LogP contribution in [-0.2, 0) is 4.74 Å². The number of ether oxygens (including phenoxy) is 1. The van der Waals surface area contributed by atoms with Gasteiger partial charge in [-0.25, -0.2) is 0 Å². The van der Waals surface area contributed by atoms with E-state index in [9.17, 15) is 5.26 Å². The molecular formula is C15H13ClN2O. The number of hydrogen-bond donors (Lipinski definition) is 0. The summed E-state index contributed by atoms with van der Waals surface area (Å²) in [5.41, 5.74) is 1.80. The largest absolute Gasteiger partial charge is 0.372 e. The number of aromatic nitrogens is 1. The predicted octanol–water partition coefficient (Wildman–Crippen LogP) is 3.88. The van der Waals surface area contributed by atoms with E-state index in [4.69, 9.17) is 16.3 Å². The van der Waals surface area contributed by atoms with Crippen molar-refractivity contribution in [1.29, 1.82) is 5.26 Å². The third kappa shape index (κ3) is 2.18. The van der Waals surface area contributed by atoms with Gasteiger partial charge in [0.1, 0.15) is 6.10 Å². The average molecular weight is 273 g/mol. The molecule has 0 amide bonds. The molecule has 0 radical (unpaired) electrons. The lowest BCUT2D eigenvalue weighted by Gasteiger charge is -2.28. The monoisotopic (exact) mass is 272 g/mol. The van der Waals surface area contributed by atoms with Crippen molar-refractivity contribution in [1.82, 2.24) is 4.98 Å². The van der Waals surface area contributed by atoms with Gasteiger partial charge < -0.3 is 4.74 Å². The van der Waals surface area contributed by atoms with Gasteiger partial charge in [-0.2, -0.15) is 5.26 Å². The number of halogens is 1. The second-order valence-electron chi connectivity index (χ2n) is 4.71. The highest BCUT2D eigenvalue weighted by Crippen LogP contribution is 2.37. The molecule has 0 spiro atoms. The lowest BCUT2D eigenvalue weighted by atomic mass is 9.89. The van der Waals surface area contributed by atoms with E-state index < -0.39 is 0 Å². The van der Waals surface area contributed by atoms with E-state index in [0.717, 1.165) is 29.3 Å². The smallest absolute Gasteiger partial charge is 0.100 e. The van der Waals surface area contributed by atoms with Crippen LogP contribution in [0, 0.1) is 17.2 Å². The fourth-order valence-electron chi connectivity index (χ4n) is 2.61. The maximum Gasteiger partial charge on any atom is 0.100 e. The van der Waals surface area contributed by atoms with E-state index >= 15 is 0 Å². The van der Waals surface area contributed by atoms with Gasteiger partial charge in [-0.1, -0.05) is 17.7 Å². The lowest BCUT2D eigenvalue weighted by Crippen LogP contribution is -2.21. The molecule has 1 fully saturated rings. The van der Waals surface area contributed by atoms with Crippen molar-refractivity contribution in [3.8, 4) is 6.07 Å². The maximum absolute atomic E-state index is 9.27. The Morgan fingerprint density at radius 3 is 3.11 bits per heavy atom. The predicted molar refractivity (Wildman–Crippen MR) is 73.8 cm³/mol. The van der Waals surface area contributed by atoms with Crippen LogP contribution < -0.4 is 0 Å². The molecule has 3 rings (SSSR count). The van der Waals surface area contributed by atoms with E-state index in [0.29, 0.717) is 11.6 Å². The SMILES string of the molecule is N#CC1CCCOC1c1ccc(Cl)c2cccnc12. The standard InChI is InChI=1S/C15H13ClN2O/c16-13-6-5-12(14-11(13)4-1-7-18-14)15-10(9-17)3-2-8-19-15/h1,4-7,10,15H,2-3,8H2. The van der Waals surface area contributed by atoms with E-state index in [-0.39, 0.29) is 12.0 Å². The van der Waals surface area contributed by atoms with Gasteiger partial charge in [-0.05, 0) is 31.0 Å². The number of rotatable bonds is 1. The van der Waals surface area contributed by atoms with Crippen LogP contribution in [0.5, 0.6) is 0 Å². The Labute approximate surface area is 116 Å². The molecule has 3 nitrogen and oxygen atoms in total. The zero-order valence-corrected chi connectivity index (χ0v) is 11.1. The summed E-state index contributed by atoms with van der Waals surface area (Å²) in [4.78, 5) is 4.41. The summed E-state index contributed by atoms with van der Waals surface area (Å²) in [6.45, 7) is 0.694. The minimum absolute atomic E-state index is 0.111. The van der Waals surface area contributed by atoms with Gasteiger partial charge in [0, 0.05) is 28.8 Å². The number of fused-ring (bicyclic) bond motifs is 1. The van der Waals surface area contributed by atoms with Gasteiger partial charge in [0.2, 0.25) is 0 Å². The third-order valence-electron chi connectivity index (χ3n) is 3.54. The number of benzene rings is 1. The molecule has 1 aromatic carbocycles. The molecule has 2 unspecified atom stereocenters. The molecule has 0 saturated carbocycles. The Balaban J connectivity index is 2.15. The molecule has 0 bridgehead atoms. The average Bonchev–Trinajstić information content (AvgIpc) is 2.48. The summed E-state index contributed by atoms with van der Waals surface area (Å²) in [6.07, 6.45) is 3.35. The second-order valence-corrected chi connectivity index (χ2v) is 5.11. The van der Waals surface area contributed by atoms with Crippen LogP contribution in [-0.4, -0.2) is 11.6 Å². The Morgan fingerprint density at radius 2 is 2.26 bits per heavy atom. The van der Waals surface area contributed by atoms with Crippen molar-refractivity contribution in [2.75, 3.05) is 6.61 Å². The van der Waals surface area contributed by atoms with Gasteiger partial charge in [0.05, 0.1) is 17.5 Å². The molecule has 1 aliphatic heterocycles. The molecule has 1 aliphatic rings. The Hall–Kier alpha value is -1.63.